The maximum atomic E-state index is 8.40. The molecular weight excluding hydrogens is 190 g/mol. The average Bonchev–Trinajstić information content (AvgIpc) is 2.57. The van der Waals surface area contributed by atoms with Crippen molar-refractivity contribution < 1.29 is 0 Å². The van der Waals surface area contributed by atoms with Gasteiger partial charge in [0.1, 0.15) is 0 Å². The van der Waals surface area contributed by atoms with E-state index < -0.39 is 0 Å². The molecule has 0 spiro atoms. The molecule has 0 aliphatic carbocycles. The number of unbranched alkanes of at least 4 members (excludes halogenated alkanes) is 2. The molecule has 0 bridgehead atoms. The summed E-state index contributed by atoms with van der Waals surface area (Å²) < 4.78 is 1.91. The van der Waals surface area contributed by atoms with Crippen molar-refractivity contribution in [1.29, 1.82) is 5.26 Å². The molecule has 5 nitrogen and oxygen atoms in total. The van der Waals surface area contributed by atoms with Crippen LogP contribution in [0.2, 0.25) is 0 Å². The summed E-state index contributed by atoms with van der Waals surface area (Å²) in [7, 11) is 1.89. The highest BCUT2D eigenvalue weighted by Crippen LogP contribution is 2.05. The van der Waals surface area contributed by atoms with Crippen LogP contribution in [0.3, 0.4) is 0 Å². The molecule has 1 aromatic rings. The van der Waals surface area contributed by atoms with Gasteiger partial charge < -0.3 is 5.32 Å². The number of nitriles is 1. The Kier molecular flexibility index (Phi) is 4.78. The van der Waals surface area contributed by atoms with Gasteiger partial charge in [0.2, 0.25) is 0 Å². The Morgan fingerprint density at radius 3 is 2.93 bits per heavy atom. The van der Waals surface area contributed by atoms with Crippen molar-refractivity contribution in [2.75, 3.05) is 7.05 Å². The summed E-state index contributed by atoms with van der Waals surface area (Å²) in [5.41, 5.74) is 2.11. The number of nitrogens with zero attached hydrogens (tertiary/aromatic N) is 4. The number of aromatic nitrogens is 3. The topological polar surface area (TPSA) is 66.5 Å². The fraction of sp³-hybridized carbons (Fsp3) is 0.700. The molecule has 1 N–H and O–H groups in total. The highest BCUT2D eigenvalue weighted by Gasteiger charge is 2.06. The molecule has 0 saturated heterocycles. The minimum atomic E-state index is 0.622. The van der Waals surface area contributed by atoms with Crippen molar-refractivity contribution in [2.24, 2.45) is 0 Å². The van der Waals surface area contributed by atoms with Crippen molar-refractivity contribution in [3.63, 3.8) is 0 Å². The molecule has 0 aromatic carbocycles. The zero-order valence-corrected chi connectivity index (χ0v) is 9.32. The molecule has 0 saturated carbocycles. The Morgan fingerprint density at radius 1 is 1.47 bits per heavy atom. The van der Waals surface area contributed by atoms with Gasteiger partial charge in [-0.25, -0.2) is 4.68 Å². The molecule has 0 amide bonds. The van der Waals surface area contributed by atoms with E-state index >= 15 is 0 Å². The van der Waals surface area contributed by atoms with E-state index in [-0.39, 0.29) is 0 Å². The third kappa shape index (κ3) is 3.33. The molecule has 0 atom stereocenters. The smallest absolute Gasteiger partial charge is 0.0993 e. The summed E-state index contributed by atoms with van der Waals surface area (Å²) in [5, 5.41) is 19.6. The van der Waals surface area contributed by atoms with E-state index in [1.807, 2.05) is 18.7 Å². The van der Waals surface area contributed by atoms with Crippen LogP contribution in [0.1, 0.15) is 30.7 Å². The number of hydrogen-bond donors (Lipinski definition) is 1. The molecule has 0 aliphatic heterocycles. The second-order valence-corrected chi connectivity index (χ2v) is 3.49. The second kappa shape index (κ2) is 6.14. The summed E-state index contributed by atoms with van der Waals surface area (Å²) in [5.74, 6) is 0. The van der Waals surface area contributed by atoms with Crippen LogP contribution in [0.15, 0.2) is 0 Å². The molecule has 1 heterocycles. The highest BCUT2D eigenvalue weighted by atomic mass is 15.4. The summed E-state index contributed by atoms with van der Waals surface area (Å²) in [4.78, 5) is 0. The lowest BCUT2D eigenvalue weighted by Crippen LogP contribution is -2.08. The molecule has 1 rings (SSSR count). The molecule has 1 aromatic heterocycles. The Balaban J connectivity index is 2.44. The van der Waals surface area contributed by atoms with Crippen LogP contribution < -0.4 is 5.32 Å². The van der Waals surface area contributed by atoms with Crippen molar-refractivity contribution in [2.45, 2.75) is 39.3 Å². The predicted octanol–water partition coefficient (Wildman–Crippen LogP) is 1.000. The average molecular weight is 207 g/mol. The van der Waals surface area contributed by atoms with Crippen LogP contribution in [0, 0.1) is 18.3 Å². The van der Waals surface area contributed by atoms with E-state index in [0.717, 1.165) is 37.3 Å². The van der Waals surface area contributed by atoms with Gasteiger partial charge in [-0.05, 0) is 26.8 Å². The molecule has 82 valence electrons. The number of nitrogens with one attached hydrogen (secondary N) is 1. The summed E-state index contributed by atoms with van der Waals surface area (Å²) in [6, 6.07) is 2.14. The maximum Gasteiger partial charge on any atom is 0.0993 e. The summed E-state index contributed by atoms with van der Waals surface area (Å²) in [6.07, 6.45) is 2.53. The van der Waals surface area contributed by atoms with Crippen LogP contribution in [0.5, 0.6) is 0 Å². The van der Waals surface area contributed by atoms with E-state index in [4.69, 9.17) is 5.26 Å². The predicted molar refractivity (Wildman–Crippen MR) is 57.0 cm³/mol. The minimum absolute atomic E-state index is 0.622. The molecule has 0 radical (unpaired) electrons. The first-order valence-electron chi connectivity index (χ1n) is 5.20. The lowest BCUT2D eigenvalue weighted by molar-refractivity contribution is 0.534. The summed E-state index contributed by atoms with van der Waals surface area (Å²) in [6.45, 7) is 3.63. The largest absolute Gasteiger partial charge is 0.314 e. The van der Waals surface area contributed by atoms with Gasteiger partial charge in [-0.3, -0.25) is 0 Å². The Bertz CT molecular complexity index is 336. The van der Waals surface area contributed by atoms with Gasteiger partial charge in [-0.2, -0.15) is 5.26 Å². The lowest BCUT2D eigenvalue weighted by atomic mass is 10.2. The number of hydrogen-bond acceptors (Lipinski definition) is 4. The van der Waals surface area contributed by atoms with E-state index in [2.05, 4.69) is 21.7 Å². The quantitative estimate of drug-likeness (QED) is 0.707. The lowest BCUT2D eigenvalue weighted by Gasteiger charge is -2.02. The molecule has 0 unspecified atom stereocenters. The minimum Gasteiger partial charge on any atom is -0.314 e. The van der Waals surface area contributed by atoms with Gasteiger partial charge in [-0.15, -0.1) is 5.10 Å². The van der Waals surface area contributed by atoms with Gasteiger partial charge >= 0.3 is 0 Å². The molecule has 0 fully saturated rings. The first kappa shape index (κ1) is 11.7. The van der Waals surface area contributed by atoms with Crippen LogP contribution in [-0.4, -0.2) is 22.0 Å². The zero-order chi connectivity index (χ0) is 11.1. The van der Waals surface area contributed by atoms with E-state index in [1.165, 1.54) is 0 Å². The standard InChI is InChI=1S/C10H17N5/c1-9-10(8-12-2)13-14-15(9)7-5-3-4-6-11/h12H,3-5,7-8H2,1-2H3. The Labute approximate surface area is 90.1 Å². The van der Waals surface area contributed by atoms with Gasteiger partial charge in [0.25, 0.3) is 0 Å². The second-order valence-electron chi connectivity index (χ2n) is 3.49. The van der Waals surface area contributed by atoms with Crippen LogP contribution in [0.4, 0.5) is 0 Å². The zero-order valence-electron chi connectivity index (χ0n) is 9.32. The van der Waals surface area contributed by atoms with E-state index in [9.17, 15) is 0 Å². The number of rotatable bonds is 6. The van der Waals surface area contributed by atoms with E-state index in [0.29, 0.717) is 6.42 Å². The SMILES string of the molecule is CNCc1nnn(CCCCC#N)c1C. The first-order valence-corrected chi connectivity index (χ1v) is 5.20. The van der Waals surface area contributed by atoms with Crippen LogP contribution in [0.25, 0.3) is 0 Å². The summed E-state index contributed by atoms with van der Waals surface area (Å²) >= 11 is 0. The first-order chi connectivity index (χ1) is 7.29. The van der Waals surface area contributed by atoms with Crippen LogP contribution >= 0.6 is 0 Å². The van der Waals surface area contributed by atoms with Crippen molar-refractivity contribution in [3.05, 3.63) is 11.4 Å². The normalized spacial score (nSPS) is 10.2. The van der Waals surface area contributed by atoms with Gasteiger partial charge in [0, 0.05) is 19.5 Å². The molecular formula is C10H17N5. The van der Waals surface area contributed by atoms with Crippen molar-refractivity contribution >= 4 is 0 Å². The van der Waals surface area contributed by atoms with E-state index in [1.54, 1.807) is 0 Å². The van der Waals surface area contributed by atoms with Crippen molar-refractivity contribution in [1.82, 2.24) is 20.3 Å². The van der Waals surface area contributed by atoms with Crippen molar-refractivity contribution in [3.8, 4) is 6.07 Å². The van der Waals surface area contributed by atoms with Gasteiger partial charge in [0.05, 0.1) is 17.5 Å². The molecule has 0 aliphatic rings. The molecule has 15 heavy (non-hydrogen) atoms. The van der Waals surface area contributed by atoms with Gasteiger partial charge in [0.15, 0.2) is 0 Å². The highest BCUT2D eigenvalue weighted by molar-refractivity contribution is 5.07. The maximum absolute atomic E-state index is 8.40. The third-order valence-corrected chi connectivity index (χ3v) is 2.33. The number of aryl methyl sites for hydroxylation is 1. The third-order valence-electron chi connectivity index (χ3n) is 2.33. The Morgan fingerprint density at radius 2 is 2.27 bits per heavy atom. The fourth-order valence-corrected chi connectivity index (χ4v) is 1.41. The van der Waals surface area contributed by atoms with Crippen LogP contribution in [-0.2, 0) is 13.1 Å². The Hall–Kier alpha value is -1.41. The monoisotopic (exact) mass is 207 g/mol. The molecule has 5 heteroatoms. The fourth-order valence-electron chi connectivity index (χ4n) is 1.41. The van der Waals surface area contributed by atoms with Gasteiger partial charge in [-0.1, -0.05) is 5.21 Å².